The Morgan fingerprint density at radius 1 is 0.284 bits per heavy atom. The molecule has 0 heterocycles. The van der Waals surface area contributed by atoms with E-state index in [0.29, 0.717) is 19.3 Å². The summed E-state index contributed by atoms with van der Waals surface area (Å²) in [7, 11) is 0. The van der Waals surface area contributed by atoms with E-state index in [0.717, 1.165) is 69.6 Å². The second-order valence-corrected chi connectivity index (χ2v) is 21.9. The number of hydrogen-bond donors (Lipinski definition) is 0. The molecule has 0 N–H and O–H groups in total. The minimum atomic E-state index is -0.763. The van der Waals surface area contributed by atoms with Gasteiger partial charge in [-0.3, -0.25) is 14.4 Å². The SMILES string of the molecule is CCCCCCCCCCCCCCCCCCCC(=O)OC[C@@H](COC(=O)CCCCCCCCCCCCCCCCCC(C)C)OC(=O)CCCCCCCCCCCCCC(C)C. The van der Waals surface area contributed by atoms with Gasteiger partial charge in [-0.25, -0.2) is 0 Å². The molecule has 0 aliphatic carbocycles. The fourth-order valence-electron chi connectivity index (χ4n) is 9.40. The molecule has 0 aliphatic heterocycles. The summed E-state index contributed by atoms with van der Waals surface area (Å²) in [5.41, 5.74) is 0. The molecule has 6 nitrogen and oxygen atoms in total. The van der Waals surface area contributed by atoms with Crippen LogP contribution < -0.4 is 0 Å². The summed E-state index contributed by atoms with van der Waals surface area (Å²) in [5, 5.41) is 0. The third-order valence-corrected chi connectivity index (χ3v) is 14.0. The molecular formula is C61H118O6. The molecule has 0 spiro atoms. The summed E-state index contributed by atoms with van der Waals surface area (Å²) < 4.78 is 16.9. The van der Waals surface area contributed by atoms with Crippen molar-refractivity contribution in [3.63, 3.8) is 0 Å². The Labute approximate surface area is 418 Å². The van der Waals surface area contributed by atoms with E-state index in [1.165, 1.54) is 231 Å². The molecule has 0 bridgehead atoms. The molecule has 0 fully saturated rings. The quantitative estimate of drug-likeness (QED) is 0.0343. The lowest BCUT2D eigenvalue weighted by Crippen LogP contribution is -2.30. The largest absolute Gasteiger partial charge is 0.462 e. The molecule has 0 radical (unpaired) electrons. The lowest BCUT2D eigenvalue weighted by molar-refractivity contribution is -0.167. The molecule has 0 amide bonds. The maximum Gasteiger partial charge on any atom is 0.306 e. The topological polar surface area (TPSA) is 78.9 Å². The van der Waals surface area contributed by atoms with E-state index >= 15 is 0 Å². The molecule has 0 aromatic carbocycles. The van der Waals surface area contributed by atoms with Crippen molar-refractivity contribution >= 4 is 17.9 Å². The lowest BCUT2D eigenvalue weighted by atomic mass is 10.0. The summed E-state index contributed by atoms with van der Waals surface area (Å²) in [6.45, 7) is 11.4. The predicted octanol–water partition coefficient (Wildman–Crippen LogP) is 20.0. The lowest BCUT2D eigenvalue weighted by Gasteiger charge is -2.18. The summed E-state index contributed by atoms with van der Waals surface area (Å²) in [6.07, 6.45) is 58.1. The molecule has 0 aromatic rings. The van der Waals surface area contributed by atoms with Gasteiger partial charge < -0.3 is 14.2 Å². The van der Waals surface area contributed by atoms with Gasteiger partial charge in [-0.05, 0) is 31.1 Å². The summed E-state index contributed by atoms with van der Waals surface area (Å²) >= 11 is 0. The Bertz CT molecular complexity index is 1020. The predicted molar refractivity (Wildman–Crippen MR) is 289 cm³/mol. The van der Waals surface area contributed by atoms with E-state index in [2.05, 4.69) is 34.6 Å². The molecule has 0 saturated heterocycles. The van der Waals surface area contributed by atoms with Gasteiger partial charge in [-0.1, -0.05) is 304 Å². The van der Waals surface area contributed by atoms with Gasteiger partial charge in [-0.15, -0.1) is 0 Å². The molecule has 0 aromatic heterocycles. The van der Waals surface area contributed by atoms with Crippen LogP contribution in [0.4, 0.5) is 0 Å². The fourth-order valence-corrected chi connectivity index (χ4v) is 9.40. The molecule has 0 unspecified atom stereocenters. The highest BCUT2D eigenvalue weighted by atomic mass is 16.6. The zero-order chi connectivity index (χ0) is 48.9. The number of carbonyl (C=O) groups excluding carboxylic acids is 3. The Kier molecular flexibility index (Phi) is 52.5. The standard InChI is InChI=1S/C61H118O6/c1-6-7-8-9-10-11-12-13-14-15-18-21-26-31-36-41-46-51-59(62)65-54-58(67-61(64)53-48-43-38-33-28-23-25-30-35-40-45-50-57(4)5)55-66-60(63)52-47-42-37-32-27-22-19-16-17-20-24-29-34-39-44-49-56(2)3/h56-58H,6-55H2,1-5H3/t58-/m0/s1. The Balaban J connectivity index is 4.28. The van der Waals surface area contributed by atoms with Crippen molar-refractivity contribution < 1.29 is 28.6 Å². The zero-order valence-electron chi connectivity index (χ0n) is 46.0. The van der Waals surface area contributed by atoms with Crippen LogP contribution >= 0.6 is 0 Å². The van der Waals surface area contributed by atoms with Crippen LogP contribution in [-0.4, -0.2) is 37.2 Å². The van der Waals surface area contributed by atoms with Gasteiger partial charge >= 0.3 is 17.9 Å². The van der Waals surface area contributed by atoms with E-state index < -0.39 is 6.10 Å². The van der Waals surface area contributed by atoms with Gasteiger partial charge in [0.1, 0.15) is 13.2 Å². The van der Waals surface area contributed by atoms with Crippen molar-refractivity contribution in [2.24, 2.45) is 11.8 Å². The van der Waals surface area contributed by atoms with Gasteiger partial charge in [-0.2, -0.15) is 0 Å². The molecular weight excluding hydrogens is 829 g/mol. The van der Waals surface area contributed by atoms with Crippen molar-refractivity contribution in [2.75, 3.05) is 13.2 Å². The number of unbranched alkanes of at least 4 members (excludes halogenated alkanes) is 40. The highest BCUT2D eigenvalue weighted by Crippen LogP contribution is 2.18. The molecule has 0 rings (SSSR count). The third-order valence-electron chi connectivity index (χ3n) is 14.0. The number of hydrogen-bond acceptors (Lipinski definition) is 6. The van der Waals surface area contributed by atoms with Gasteiger partial charge in [0, 0.05) is 19.3 Å². The third kappa shape index (κ3) is 55.2. The van der Waals surface area contributed by atoms with E-state index in [-0.39, 0.29) is 31.1 Å². The van der Waals surface area contributed by atoms with Crippen molar-refractivity contribution in [1.82, 2.24) is 0 Å². The second kappa shape index (κ2) is 53.8. The minimum Gasteiger partial charge on any atom is -0.462 e. The van der Waals surface area contributed by atoms with Crippen molar-refractivity contribution in [3.8, 4) is 0 Å². The number of carbonyl (C=O) groups is 3. The van der Waals surface area contributed by atoms with Crippen molar-refractivity contribution in [2.45, 2.75) is 349 Å². The van der Waals surface area contributed by atoms with E-state index in [4.69, 9.17) is 14.2 Å². The van der Waals surface area contributed by atoms with Crippen LogP contribution in [0.25, 0.3) is 0 Å². The Morgan fingerprint density at radius 3 is 0.731 bits per heavy atom. The highest BCUT2D eigenvalue weighted by molar-refractivity contribution is 5.71. The average Bonchev–Trinajstić information content (AvgIpc) is 3.30. The van der Waals surface area contributed by atoms with Crippen LogP contribution in [-0.2, 0) is 28.6 Å². The molecule has 398 valence electrons. The molecule has 6 heteroatoms. The van der Waals surface area contributed by atoms with Crippen molar-refractivity contribution in [1.29, 1.82) is 0 Å². The molecule has 67 heavy (non-hydrogen) atoms. The fraction of sp³-hybridized carbons (Fsp3) is 0.951. The Morgan fingerprint density at radius 2 is 0.493 bits per heavy atom. The number of rotatable bonds is 55. The first kappa shape index (κ1) is 65.4. The molecule has 1 atom stereocenters. The average molecular weight is 948 g/mol. The smallest absolute Gasteiger partial charge is 0.306 e. The van der Waals surface area contributed by atoms with Gasteiger partial charge in [0.25, 0.3) is 0 Å². The number of esters is 3. The summed E-state index contributed by atoms with van der Waals surface area (Å²) in [6, 6.07) is 0. The molecule has 0 aliphatic rings. The number of ether oxygens (including phenoxy) is 3. The van der Waals surface area contributed by atoms with E-state index in [9.17, 15) is 14.4 Å². The van der Waals surface area contributed by atoms with E-state index in [1.54, 1.807) is 0 Å². The zero-order valence-corrected chi connectivity index (χ0v) is 46.0. The highest BCUT2D eigenvalue weighted by Gasteiger charge is 2.19. The first-order valence-electron chi connectivity index (χ1n) is 30.2. The van der Waals surface area contributed by atoms with Crippen LogP contribution in [0.2, 0.25) is 0 Å². The van der Waals surface area contributed by atoms with Gasteiger partial charge in [0.15, 0.2) is 6.10 Å². The van der Waals surface area contributed by atoms with Crippen molar-refractivity contribution in [3.05, 3.63) is 0 Å². The first-order chi connectivity index (χ1) is 32.7. The Hall–Kier alpha value is -1.59. The molecule has 0 saturated carbocycles. The normalized spacial score (nSPS) is 12.0. The van der Waals surface area contributed by atoms with Crippen LogP contribution in [0.5, 0.6) is 0 Å². The van der Waals surface area contributed by atoms with Crippen LogP contribution in [0.3, 0.4) is 0 Å². The first-order valence-corrected chi connectivity index (χ1v) is 30.2. The summed E-state index contributed by atoms with van der Waals surface area (Å²) in [5.74, 6) is 0.838. The maximum absolute atomic E-state index is 12.9. The summed E-state index contributed by atoms with van der Waals surface area (Å²) in [4.78, 5) is 38.2. The minimum absolute atomic E-state index is 0.0624. The van der Waals surface area contributed by atoms with Gasteiger partial charge in [0.2, 0.25) is 0 Å². The van der Waals surface area contributed by atoms with Crippen LogP contribution in [0.15, 0.2) is 0 Å². The second-order valence-electron chi connectivity index (χ2n) is 21.9. The van der Waals surface area contributed by atoms with Crippen LogP contribution in [0, 0.1) is 11.8 Å². The van der Waals surface area contributed by atoms with Gasteiger partial charge in [0.05, 0.1) is 0 Å². The van der Waals surface area contributed by atoms with Crippen LogP contribution in [0.1, 0.15) is 343 Å². The van der Waals surface area contributed by atoms with E-state index in [1.807, 2.05) is 0 Å². The monoisotopic (exact) mass is 947 g/mol. The maximum atomic E-state index is 12.9.